The molecule has 0 aliphatic heterocycles. The van der Waals surface area contributed by atoms with E-state index in [0.717, 1.165) is 19.6 Å². The van der Waals surface area contributed by atoms with Crippen molar-refractivity contribution in [3.8, 4) is 5.69 Å². The first-order chi connectivity index (χ1) is 13.1. The molecule has 0 spiro atoms. The number of likely N-dealkylation sites (N-methyl/N-ethyl adjacent to an activating group) is 1. The van der Waals surface area contributed by atoms with E-state index in [-0.39, 0.29) is 11.2 Å². The molecule has 0 fully saturated rings. The number of nitrogens with zero attached hydrogens (tertiary/aromatic N) is 6. The Hall–Kier alpha value is -2.74. The van der Waals surface area contributed by atoms with Crippen LogP contribution >= 0.6 is 0 Å². The second-order valence-electron chi connectivity index (χ2n) is 6.42. The Balaban J connectivity index is 2.21. The Kier molecular flexibility index (Phi) is 5.85. The summed E-state index contributed by atoms with van der Waals surface area (Å²) >= 11 is 0. The standard InChI is InChI=1S/C19H26N6O2/c1-4-12-23-18(26)16-17(20-21-24(16)14-13-22(5-2)6-3)25(19(23)27)15-10-8-7-9-11-15/h7-11H,4-6,12-14H2,1-3H3. The predicted octanol–water partition coefficient (Wildman–Crippen LogP) is 1.50. The van der Waals surface area contributed by atoms with Gasteiger partial charge in [-0.2, -0.15) is 0 Å². The fourth-order valence-electron chi connectivity index (χ4n) is 3.25. The molecule has 0 bridgehead atoms. The minimum Gasteiger partial charge on any atom is -0.302 e. The van der Waals surface area contributed by atoms with Crippen molar-refractivity contribution in [1.82, 2.24) is 29.0 Å². The molecule has 8 nitrogen and oxygen atoms in total. The summed E-state index contributed by atoms with van der Waals surface area (Å²) in [6, 6.07) is 9.25. The largest absolute Gasteiger partial charge is 0.337 e. The van der Waals surface area contributed by atoms with E-state index in [2.05, 4.69) is 29.1 Å². The lowest BCUT2D eigenvalue weighted by Crippen LogP contribution is -2.40. The third kappa shape index (κ3) is 3.57. The summed E-state index contributed by atoms with van der Waals surface area (Å²) in [6.45, 7) is 9.68. The van der Waals surface area contributed by atoms with E-state index in [4.69, 9.17) is 0 Å². The summed E-state index contributed by atoms with van der Waals surface area (Å²) in [5.41, 5.74) is 0.653. The van der Waals surface area contributed by atoms with E-state index < -0.39 is 0 Å². The number of para-hydroxylation sites is 1. The van der Waals surface area contributed by atoms with Crippen LogP contribution in [0.25, 0.3) is 16.9 Å². The summed E-state index contributed by atoms with van der Waals surface area (Å²) in [4.78, 5) is 28.3. The van der Waals surface area contributed by atoms with Crippen molar-refractivity contribution in [2.45, 2.75) is 40.3 Å². The second kappa shape index (κ2) is 8.30. The zero-order valence-electron chi connectivity index (χ0n) is 16.1. The lowest BCUT2D eigenvalue weighted by atomic mass is 10.3. The van der Waals surface area contributed by atoms with Gasteiger partial charge in [-0.3, -0.25) is 9.36 Å². The third-order valence-electron chi connectivity index (χ3n) is 4.78. The van der Waals surface area contributed by atoms with E-state index in [1.807, 2.05) is 37.3 Å². The van der Waals surface area contributed by atoms with Crippen LogP contribution in [0.5, 0.6) is 0 Å². The van der Waals surface area contributed by atoms with Crippen LogP contribution in [0.4, 0.5) is 0 Å². The topological polar surface area (TPSA) is 78.0 Å². The minimum atomic E-state index is -0.378. The number of hydrogen-bond acceptors (Lipinski definition) is 5. The molecule has 0 amide bonds. The van der Waals surface area contributed by atoms with E-state index >= 15 is 0 Å². The first-order valence-corrected chi connectivity index (χ1v) is 9.49. The highest BCUT2D eigenvalue weighted by Gasteiger charge is 2.20. The molecule has 2 heterocycles. The Morgan fingerprint density at radius 1 is 1.00 bits per heavy atom. The van der Waals surface area contributed by atoms with Gasteiger partial charge in [0.2, 0.25) is 0 Å². The predicted molar refractivity (Wildman–Crippen MR) is 105 cm³/mol. The van der Waals surface area contributed by atoms with Crippen LogP contribution in [0.2, 0.25) is 0 Å². The van der Waals surface area contributed by atoms with E-state index in [1.165, 1.54) is 9.13 Å². The Morgan fingerprint density at radius 2 is 1.70 bits per heavy atom. The smallest absolute Gasteiger partial charge is 0.302 e. The molecule has 0 aliphatic carbocycles. The van der Waals surface area contributed by atoms with Crippen LogP contribution < -0.4 is 11.2 Å². The van der Waals surface area contributed by atoms with Crippen LogP contribution in [-0.4, -0.2) is 48.7 Å². The second-order valence-corrected chi connectivity index (χ2v) is 6.42. The SMILES string of the molecule is CCCn1c(=O)c2c(nnn2CCN(CC)CC)n(-c2ccccc2)c1=O. The molecule has 0 atom stereocenters. The molecular weight excluding hydrogens is 344 g/mol. The van der Waals surface area contributed by atoms with Crippen LogP contribution in [0.15, 0.2) is 39.9 Å². The van der Waals surface area contributed by atoms with Crippen molar-refractivity contribution in [3.63, 3.8) is 0 Å². The van der Waals surface area contributed by atoms with Gasteiger partial charge in [0.05, 0.1) is 12.2 Å². The van der Waals surface area contributed by atoms with Gasteiger partial charge in [-0.25, -0.2) is 14.0 Å². The highest BCUT2D eigenvalue weighted by molar-refractivity contribution is 5.71. The zero-order valence-corrected chi connectivity index (χ0v) is 16.1. The summed E-state index contributed by atoms with van der Waals surface area (Å²) in [5, 5.41) is 8.38. The molecule has 3 rings (SSSR count). The van der Waals surface area contributed by atoms with E-state index in [9.17, 15) is 9.59 Å². The molecule has 0 radical (unpaired) electrons. The molecule has 144 valence electrons. The summed E-state index contributed by atoms with van der Waals surface area (Å²) in [5.74, 6) is 0. The highest BCUT2D eigenvalue weighted by atomic mass is 16.2. The van der Waals surface area contributed by atoms with E-state index in [0.29, 0.717) is 36.4 Å². The van der Waals surface area contributed by atoms with Gasteiger partial charge >= 0.3 is 5.69 Å². The van der Waals surface area contributed by atoms with Crippen molar-refractivity contribution >= 4 is 11.2 Å². The molecular formula is C19H26N6O2. The van der Waals surface area contributed by atoms with Crippen LogP contribution in [0.3, 0.4) is 0 Å². The van der Waals surface area contributed by atoms with Crippen LogP contribution in [-0.2, 0) is 13.1 Å². The maximum Gasteiger partial charge on any atom is 0.337 e. The molecule has 0 saturated carbocycles. The fraction of sp³-hybridized carbons (Fsp3) is 0.474. The van der Waals surface area contributed by atoms with Gasteiger partial charge in [0.1, 0.15) is 0 Å². The Morgan fingerprint density at radius 3 is 2.33 bits per heavy atom. The molecule has 0 unspecified atom stereocenters. The summed E-state index contributed by atoms with van der Waals surface area (Å²) in [6.07, 6.45) is 0.691. The maximum absolute atomic E-state index is 13.0. The average Bonchev–Trinajstić information content (AvgIpc) is 3.10. The number of fused-ring (bicyclic) bond motifs is 1. The number of benzene rings is 1. The lowest BCUT2D eigenvalue weighted by molar-refractivity contribution is 0.286. The fourth-order valence-corrected chi connectivity index (χ4v) is 3.25. The molecule has 3 aromatic rings. The Bertz CT molecular complexity index is 1010. The van der Waals surface area contributed by atoms with Crippen LogP contribution in [0, 0.1) is 0 Å². The third-order valence-corrected chi connectivity index (χ3v) is 4.78. The monoisotopic (exact) mass is 370 g/mol. The van der Waals surface area contributed by atoms with Gasteiger partial charge in [-0.1, -0.05) is 44.2 Å². The number of rotatable bonds is 8. The highest BCUT2D eigenvalue weighted by Crippen LogP contribution is 2.11. The first kappa shape index (κ1) is 19.0. The molecule has 0 aliphatic rings. The number of hydrogen-bond donors (Lipinski definition) is 0. The summed E-state index contributed by atoms with van der Waals surface area (Å²) in [7, 11) is 0. The van der Waals surface area contributed by atoms with Crippen molar-refractivity contribution in [1.29, 1.82) is 0 Å². The maximum atomic E-state index is 13.0. The van der Waals surface area contributed by atoms with Crippen molar-refractivity contribution in [2.75, 3.05) is 19.6 Å². The molecule has 27 heavy (non-hydrogen) atoms. The van der Waals surface area contributed by atoms with Crippen LogP contribution in [0.1, 0.15) is 27.2 Å². The van der Waals surface area contributed by atoms with Gasteiger partial charge in [0.15, 0.2) is 11.2 Å². The van der Waals surface area contributed by atoms with E-state index in [1.54, 1.807) is 4.68 Å². The molecule has 2 aromatic heterocycles. The van der Waals surface area contributed by atoms with Gasteiger partial charge in [-0.05, 0) is 31.6 Å². The van der Waals surface area contributed by atoms with Gasteiger partial charge in [0, 0.05) is 13.1 Å². The Labute approximate surface area is 157 Å². The quantitative estimate of drug-likeness (QED) is 0.600. The van der Waals surface area contributed by atoms with Gasteiger partial charge in [0.25, 0.3) is 5.56 Å². The first-order valence-electron chi connectivity index (χ1n) is 9.49. The molecule has 0 saturated heterocycles. The summed E-state index contributed by atoms with van der Waals surface area (Å²) < 4.78 is 4.39. The van der Waals surface area contributed by atoms with Gasteiger partial charge < -0.3 is 4.90 Å². The zero-order chi connectivity index (χ0) is 19.4. The average molecular weight is 370 g/mol. The molecule has 0 N–H and O–H groups in total. The van der Waals surface area contributed by atoms with Gasteiger partial charge in [-0.15, -0.1) is 5.10 Å². The van der Waals surface area contributed by atoms with Crippen molar-refractivity contribution in [3.05, 3.63) is 51.2 Å². The van der Waals surface area contributed by atoms with Crippen molar-refractivity contribution in [2.24, 2.45) is 0 Å². The number of aromatic nitrogens is 5. The minimum absolute atomic E-state index is 0.308. The lowest BCUT2D eigenvalue weighted by Gasteiger charge is -2.17. The molecule has 1 aromatic carbocycles. The van der Waals surface area contributed by atoms with Crippen molar-refractivity contribution < 1.29 is 0 Å². The molecule has 8 heteroatoms. The normalized spacial score (nSPS) is 11.6.